The first-order valence-corrected chi connectivity index (χ1v) is 23.4. The first kappa shape index (κ1) is 45.3. The highest BCUT2D eigenvalue weighted by molar-refractivity contribution is 6.08. The Hall–Kier alpha value is -6.91. The zero-order valence-electron chi connectivity index (χ0n) is 38.9. The van der Waals surface area contributed by atoms with E-state index in [0.29, 0.717) is 51.9 Å². The molecule has 1 atom stereocenters. The van der Waals surface area contributed by atoms with E-state index in [9.17, 15) is 19.2 Å². The maximum absolute atomic E-state index is 14.4. The number of anilines is 1. The average Bonchev–Trinajstić information content (AvgIpc) is 4.11. The van der Waals surface area contributed by atoms with Crippen LogP contribution in [0.1, 0.15) is 111 Å². The van der Waals surface area contributed by atoms with Crippen molar-refractivity contribution in [1.82, 2.24) is 50.0 Å². The third kappa shape index (κ3) is 9.67. The van der Waals surface area contributed by atoms with Crippen LogP contribution in [0, 0.1) is 20.8 Å². The van der Waals surface area contributed by atoms with Gasteiger partial charge in [-0.25, -0.2) is 9.67 Å². The Morgan fingerprint density at radius 2 is 1.46 bits per heavy atom. The van der Waals surface area contributed by atoms with Gasteiger partial charge in [-0.15, -0.1) is 0 Å². The zero-order chi connectivity index (χ0) is 46.8. The summed E-state index contributed by atoms with van der Waals surface area (Å²) in [5, 5.41) is 20.0. The molecule has 5 aromatic heterocycles. The summed E-state index contributed by atoms with van der Waals surface area (Å²) in [4.78, 5) is 67.3. The molecule has 2 aromatic carbocycles. The third-order valence-corrected chi connectivity index (χ3v) is 13.5. The number of carbonyl (C=O) groups is 2. The van der Waals surface area contributed by atoms with Gasteiger partial charge in [0.15, 0.2) is 5.65 Å². The standard InChI is InChI=1S/C51H59N11O5/c1-30-20-31(2)57-50(65)41(30)25-53-49(64)40-24-46(52-5)59-47-44(40)28-55-61(47)33(4)10-13-36-21-32(3)58-51(66)42(36)26-54-48(63)39-22-37(23-45-43(39)27-56-62(45)38-8-6-7-9-38)35-14-11-34(12-15-35)29-60-16-18-67-19-17-60/h11-12,14-15,20-24,27-28,33,38H,6-10,13,16-19,25-26,29H2,1-5H3,(H,52,59)(H,53,64)(H,54,63)(H,57,65)(H,58,66). The van der Waals surface area contributed by atoms with Crippen LogP contribution in [0.3, 0.4) is 0 Å². The Bertz CT molecular complexity index is 3080. The Morgan fingerprint density at radius 3 is 2.16 bits per heavy atom. The molecule has 0 bridgehead atoms. The number of benzene rings is 2. The lowest BCUT2D eigenvalue weighted by atomic mass is 9.98. The van der Waals surface area contributed by atoms with Crippen molar-refractivity contribution in [2.45, 2.75) is 97.9 Å². The number of H-pyrrole nitrogens is 2. The largest absolute Gasteiger partial charge is 0.379 e. The molecule has 5 N–H and O–H groups in total. The summed E-state index contributed by atoms with van der Waals surface area (Å²) in [5.74, 6) is -0.147. The van der Waals surface area contributed by atoms with E-state index >= 15 is 0 Å². The van der Waals surface area contributed by atoms with E-state index < -0.39 is 0 Å². The molecule has 2 aliphatic rings. The number of aromatic nitrogens is 7. The van der Waals surface area contributed by atoms with E-state index in [1.165, 1.54) is 5.56 Å². The van der Waals surface area contributed by atoms with Gasteiger partial charge in [-0.2, -0.15) is 10.2 Å². The fourth-order valence-corrected chi connectivity index (χ4v) is 9.73. The van der Waals surface area contributed by atoms with Gasteiger partial charge in [0, 0.05) is 67.7 Å². The van der Waals surface area contributed by atoms with Gasteiger partial charge in [-0.05, 0) is 112 Å². The molecule has 67 heavy (non-hydrogen) atoms. The lowest BCUT2D eigenvalue weighted by Crippen LogP contribution is -2.35. The van der Waals surface area contributed by atoms with Crippen LogP contribution in [-0.2, 0) is 30.8 Å². The number of aryl methyl sites for hydroxylation is 4. The average molecular weight is 906 g/mol. The van der Waals surface area contributed by atoms with Crippen molar-refractivity contribution >= 4 is 39.6 Å². The summed E-state index contributed by atoms with van der Waals surface area (Å²) in [7, 11) is 1.74. The van der Waals surface area contributed by atoms with E-state index in [-0.39, 0.29) is 48.1 Å². The normalized spacial score (nSPS) is 15.1. The van der Waals surface area contributed by atoms with Crippen molar-refractivity contribution in [3.8, 4) is 11.1 Å². The molecular formula is C51H59N11O5. The molecule has 1 aliphatic heterocycles. The molecule has 6 heterocycles. The second kappa shape index (κ2) is 19.5. The summed E-state index contributed by atoms with van der Waals surface area (Å²) in [6, 6.07) is 18.3. The van der Waals surface area contributed by atoms with E-state index in [0.717, 1.165) is 103 Å². The lowest BCUT2D eigenvalue weighted by molar-refractivity contribution is 0.0342. The number of rotatable bonds is 15. The van der Waals surface area contributed by atoms with E-state index in [1.807, 2.05) is 45.9 Å². The summed E-state index contributed by atoms with van der Waals surface area (Å²) >= 11 is 0. The monoisotopic (exact) mass is 905 g/mol. The first-order chi connectivity index (χ1) is 32.4. The maximum atomic E-state index is 14.4. The molecule has 1 saturated heterocycles. The molecule has 9 rings (SSSR count). The molecule has 16 nitrogen and oxygen atoms in total. The van der Waals surface area contributed by atoms with Crippen LogP contribution < -0.4 is 27.1 Å². The van der Waals surface area contributed by atoms with Crippen molar-refractivity contribution in [2.75, 3.05) is 38.7 Å². The number of amides is 2. The smallest absolute Gasteiger partial charge is 0.253 e. The molecule has 0 spiro atoms. The molecule has 16 heteroatoms. The van der Waals surface area contributed by atoms with Gasteiger partial charge < -0.3 is 30.7 Å². The van der Waals surface area contributed by atoms with E-state index in [4.69, 9.17) is 19.9 Å². The Labute approximate surface area is 388 Å². The summed E-state index contributed by atoms with van der Waals surface area (Å²) in [6.07, 6.45) is 8.95. The van der Waals surface area contributed by atoms with Crippen LogP contribution in [0.15, 0.2) is 76.6 Å². The summed E-state index contributed by atoms with van der Waals surface area (Å²) in [5.41, 5.74) is 9.10. The molecule has 1 unspecified atom stereocenters. The van der Waals surface area contributed by atoms with Crippen molar-refractivity contribution in [1.29, 1.82) is 0 Å². The minimum Gasteiger partial charge on any atom is -0.379 e. The van der Waals surface area contributed by atoms with Crippen LogP contribution in [0.25, 0.3) is 33.1 Å². The molecule has 348 valence electrons. The van der Waals surface area contributed by atoms with Gasteiger partial charge in [0.05, 0.1) is 59.7 Å². The van der Waals surface area contributed by atoms with Gasteiger partial charge in [0.25, 0.3) is 22.9 Å². The van der Waals surface area contributed by atoms with Crippen molar-refractivity contribution in [2.24, 2.45) is 0 Å². The van der Waals surface area contributed by atoms with Crippen LogP contribution in [0.2, 0.25) is 0 Å². The second-order valence-electron chi connectivity index (χ2n) is 18.2. The van der Waals surface area contributed by atoms with Gasteiger partial charge in [-0.3, -0.25) is 28.8 Å². The summed E-state index contributed by atoms with van der Waals surface area (Å²) < 4.78 is 9.43. The highest BCUT2D eigenvalue weighted by Gasteiger charge is 2.25. The highest BCUT2D eigenvalue weighted by atomic mass is 16.5. The molecule has 1 saturated carbocycles. The SMILES string of the molecule is CNc1cc(C(=O)NCc2c(C)cc(C)[nH]c2=O)c2cnn(C(C)CCc3cc(C)[nH]c(=O)c3CNC(=O)c3cc(-c4ccc(CN5CCOCC5)cc4)cc4c3cnn4C3CCCC3)c2n1. The van der Waals surface area contributed by atoms with Crippen molar-refractivity contribution in [3.05, 3.63) is 138 Å². The van der Waals surface area contributed by atoms with Crippen LogP contribution in [-0.4, -0.2) is 84.6 Å². The molecule has 2 fully saturated rings. The fraction of sp³-hybridized carbons (Fsp3) is 0.392. The predicted molar refractivity (Wildman–Crippen MR) is 260 cm³/mol. The Morgan fingerprint density at radius 1 is 0.806 bits per heavy atom. The number of nitrogens with one attached hydrogen (secondary N) is 5. The quantitative estimate of drug-likeness (QED) is 0.0731. The number of aromatic amines is 2. The number of fused-ring (bicyclic) bond motifs is 2. The second-order valence-corrected chi connectivity index (χ2v) is 18.2. The summed E-state index contributed by atoms with van der Waals surface area (Å²) in [6.45, 7) is 11.8. The molecule has 1 aliphatic carbocycles. The number of pyridine rings is 3. The molecule has 7 aromatic rings. The maximum Gasteiger partial charge on any atom is 0.253 e. The predicted octanol–water partition coefficient (Wildman–Crippen LogP) is 6.79. The van der Waals surface area contributed by atoms with Crippen molar-refractivity contribution < 1.29 is 14.3 Å². The van der Waals surface area contributed by atoms with E-state index in [1.54, 1.807) is 30.2 Å². The zero-order valence-corrected chi connectivity index (χ0v) is 38.9. The number of nitrogens with zero attached hydrogens (tertiary/aromatic N) is 6. The number of hydrogen-bond donors (Lipinski definition) is 5. The van der Waals surface area contributed by atoms with Gasteiger partial charge in [-0.1, -0.05) is 37.1 Å². The van der Waals surface area contributed by atoms with Gasteiger partial charge in [0.1, 0.15) is 5.82 Å². The van der Waals surface area contributed by atoms with Gasteiger partial charge in [0.2, 0.25) is 0 Å². The lowest BCUT2D eigenvalue weighted by Gasteiger charge is -2.26. The Balaban J connectivity index is 0.935. The van der Waals surface area contributed by atoms with E-state index in [2.05, 4.69) is 65.8 Å². The van der Waals surface area contributed by atoms with Crippen molar-refractivity contribution in [3.63, 3.8) is 0 Å². The number of morpholine rings is 1. The topological polar surface area (TPSA) is 197 Å². The number of hydrogen-bond acceptors (Lipinski definition) is 10. The molecule has 2 amide bonds. The van der Waals surface area contributed by atoms with Crippen LogP contribution in [0.5, 0.6) is 0 Å². The molecular weight excluding hydrogens is 847 g/mol. The highest BCUT2D eigenvalue weighted by Crippen LogP contribution is 2.35. The minimum absolute atomic E-state index is 0.0289. The van der Waals surface area contributed by atoms with Crippen LogP contribution >= 0.6 is 0 Å². The molecule has 0 radical (unpaired) electrons. The Kier molecular flexibility index (Phi) is 13.2. The first-order valence-electron chi connectivity index (χ1n) is 23.4. The minimum atomic E-state index is -0.356. The number of ether oxygens (including phenoxy) is 1. The fourth-order valence-electron chi connectivity index (χ4n) is 9.73. The number of carbonyl (C=O) groups excluding carboxylic acids is 2. The van der Waals surface area contributed by atoms with Gasteiger partial charge >= 0.3 is 0 Å². The third-order valence-electron chi connectivity index (χ3n) is 13.5. The van der Waals surface area contributed by atoms with Crippen LogP contribution in [0.4, 0.5) is 5.82 Å².